The van der Waals surface area contributed by atoms with Crippen molar-refractivity contribution in [1.29, 1.82) is 0 Å². The molecular formula is C26H24F6N4O. The SMILES string of the molecule is CC(NC(=O)c1c(C(F)(F)F)nn2c1N(Cc1ccc(C(F)(F)F)cc1)CC2)c1ccc(C2CC2)cc1. The molecule has 1 atom stereocenters. The van der Waals surface area contributed by atoms with E-state index in [0.29, 0.717) is 11.5 Å². The average Bonchev–Trinajstić information content (AvgIpc) is 3.50. The Bertz CT molecular complexity index is 1290. The summed E-state index contributed by atoms with van der Waals surface area (Å²) in [5.41, 5.74) is -0.258. The van der Waals surface area contributed by atoms with E-state index >= 15 is 0 Å². The van der Waals surface area contributed by atoms with Crippen LogP contribution in [0.1, 0.15) is 70.0 Å². The lowest BCUT2D eigenvalue weighted by Gasteiger charge is -2.21. The van der Waals surface area contributed by atoms with Crippen LogP contribution in [0.25, 0.3) is 0 Å². The number of hydrogen-bond acceptors (Lipinski definition) is 3. The number of anilines is 1. The fourth-order valence-corrected chi connectivity index (χ4v) is 4.66. The minimum absolute atomic E-state index is 0.000930. The van der Waals surface area contributed by atoms with Crippen LogP contribution >= 0.6 is 0 Å². The highest BCUT2D eigenvalue weighted by atomic mass is 19.4. The summed E-state index contributed by atoms with van der Waals surface area (Å²) < 4.78 is 81.4. The molecule has 2 aliphatic rings. The molecule has 2 heterocycles. The minimum Gasteiger partial charge on any atom is -0.350 e. The van der Waals surface area contributed by atoms with Gasteiger partial charge in [-0.2, -0.15) is 31.4 Å². The predicted octanol–water partition coefficient (Wildman–Crippen LogP) is 6.31. The molecule has 3 aromatic rings. The summed E-state index contributed by atoms with van der Waals surface area (Å²) in [5.74, 6) is -0.355. The Morgan fingerprint density at radius 1 is 0.973 bits per heavy atom. The van der Waals surface area contributed by atoms with Crippen LogP contribution in [0, 0.1) is 0 Å². The normalized spacial score (nSPS) is 16.6. The van der Waals surface area contributed by atoms with E-state index in [4.69, 9.17) is 0 Å². The van der Waals surface area contributed by atoms with Gasteiger partial charge in [-0.05, 0) is 54.5 Å². The van der Waals surface area contributed by atoms with Gasteiger partial charge in [0.2, 0.25) is 0 Å². The molecule has 196 valence electrons. The topological polar surface area (TPSA) is 50.2 Å². The number of carbonyl (C=O) groups excluding carboxylic acids is 1. The highest BCUT2D eigenvalue weighted by Gasteiger charge is 2.44. The maximum Gasteiger partial charge on any atom is 0.436 e. The molecule has 5 nitrogen and oxygen atoms in total. The molecule has 1 fully saturated rings. The smallest absolute Gasteiger partial charge is 0.350 e. The number of nitrogens with one attached hydrogen (secondary N) is 1. The first-order valence-electron chi connectivity index (χ1n) is 11.9. The van der Waals surface area contributed by atoms with Crippen LogP contribution in [0.4, 0.5) is 32.2 Å². The first-order chi connectivity index (χ1) is 17.4. The monoisotopic (exact) mass is 522 g/mol. The van der Waals surface area contributed by atoms with Crippen LogP contribution in [-0.4, -0.2) is 22.2 Å². The van der Waals surface area contributed by atoms with Crippen molar-refractivity contribution < 1.29 is 31.1 Å². The van der Waals surface area contributed by atoms with Crippen LogP contribution < -0.4 is 10.2 Å². The minimum atomic E-state index is -4.86. The number of hydrogen-bond donors (Lipinski definition) is 1. The van der Waals surface area contributed by atoms with Gasteiger partial charge >= 0.3 is 12.4 Å². The number of rotatable bonds is 6. The number of fused-ring (bicyclic) bond motifs is 1. The lowest BCUT2D eigenvalue weighted by atomic mass is 10.0. The van der Waals surface area contributed by atoms with E-state index < -0.39 is 41.1 Å². The fourth-order valence-electron chi connectivity index (χ4n) is 4.66. The van der Waals surface area contributed by atoms with Gasteiger partial charge in [0.15, 0.2) is 5.69 Å². The van der Waals surface area contributed by atoms with E-state index in [1.807, 2.05) is 24.3 Å². The van der Waals surface area contributed by atoms with Crippen molar-refractivity contribution in [2.24, 2.45) is 0 Å². The maximum absolute atomic E-state index is 13.9. The van der Waals surface area contributed by atoms with Gasteiger partial charge in [-0.1, -0.05) is 36.4 Å². The number of alkyl halides is 6. The summed E-state index contributed by atoms with van der Waals surface area (Å²) in [6.07, 6.45) is -7.07. The van der Waals surface area contributed by atoms with Gasteiger partial charge in [-0.25, -0.2) is 4.68 Å². The molecule has 1 aliphatic carbocycles. The third kappa shape index (κ3) is 5.17. The van der Waals surface area contributed by atoms with Gasteiger partial charge in [0, 0.05) is 13.1 Å². The van der Waals surface area contributed by atoms with E-state index in [1.54, 1.807) is 6.92 Å². The molecule has 37 heavy (non-hydrogen) atoms. The number of aromatic nitrogens is 2. The molecule has 1 amide bonds. The van der Waals surface area contributed by atoms with E-state index in [0.717, 1.165) is 35.2 Å². The highest BCUT2D eigenvalue weighted by molar-refractivity contribution is 6.01. The number of amides is 1. The molecule has 1 unspecified atom stereocenters. The number of carbonyl (C=O) groups is 1. The zero-order chi connectivity index (χ0) is 26.5. The number of benzene rings is 2. The second kappa shape index (κ2) is 9.11. The molecule has 0 radical (unpaired) electrons. The summed E-state index contributed by atoms with van der Waals surface area (Å²) in [5, 5.41) is 6.35. The molecule has 1 aliphatic heterocycles. The maximum atomic E-state index is 13.9. The predicted molar refractivity (Wildman–Crippen MR) is 124 cm³/mol. The van der Waals surface area contributed by atoms with E-state index in [9.17, 15) is 31.1 Å². The molecule has 1 aromatic heterocycles. The standard InChI is InChI=1S/C26H24F6N4O/c1-15(17-4-6-18(7-5-17)19-8-9-19)33-23(37)21-22(26(30,31)32)34-36-13-12-35(24(21)36)14-16-2-10-20(11-3-16)25(27,28)29/h2-7,10-11,15,19H,8-9,12-14H2,1H3,(H,33,37). The van der Waals surface area contributed by atoms with Gasteiger partial charge in [0.25, 0.3) is 5.91 Å². The zero-order valence-electron chi connectivity index (χ0n) is 19.8. The number of nitrogens with zero attached hydrogens (tertiary/aromatic N) is 3. The van der Waals surface area contributed by atoms with Crippen molar-refractivity contribution in [2.45, 2.75) is 57.2 Å². The second-order valence-corrected chi connectivity index (χ2v) is 9.52. The number of halogens is 6. The Kier molecular flexibility index (Phi) is 6.19. The van der Waals surface area contributed by atoms with Crippen molar-refractivity contribution in [3.8, 4) is 0 Å². The largest absolute Gasteiger partial charge is 0.436 e. The fraction of sp³-hybridized carbons (Fsp3) is 0.385. The van der Waals surface area contributed by atoms with Crippen molar-refractivity contribution in [3.63, 3.8) is 0 Å². The van der Waals surface area contributed by atoms with Crippen molar-refractivity contribution in [1.82, 2.24) is 15.1 Å². The van der Waals surface area contributed by atoms with Crippen LogP contribution in [-0.2, 0) is 25.4 Å². The van der Waals surface area contributed by atoms with Crippen molar-refractivity contribution >= 4 is 11.7 Å². The molecule has 0 bridgehead atoms. The Morgan fingerprint density at radius 2 is 1.62 bits per heavy atom. The summed E-state index contributed by atoms with van der Waals surface area (Å²) >= 11 is 0. The third-order valence-electron chi connectivity index (χ3n) is 6.79. The zero-order valence-corrected chi connectivity index (χ0v) is 19.8. The molecular weight excluding hydrogens is 498 g/mol. The van der Waals surface area contributed by atoms with E-state index in [2.05, 4.69) is 10.4 Å². The summed E-state index contributed by atoms with van der Waals surface area (Å²) in [4.78, 5) is 14.8. The summed E-state index contributed by atoms with van der Waals surface area (Å²) in [7, 11) is 0. The molecule has 2 aromatic carbocycles. The summed E-state index contributed by atoms with van der Waals surface area (Å²) in [6.45, 7) is 2.10. The first-order valence-corrected chi connectivity index (χ1v) is 11.9. The van der Waals surface area contributed by atoms with Crippen molar-refractivity contribution in [3.05, 3.63) is 82.0 Å². The molecule has 1 N–H and O–H groups in total. The lowest BCUT2D eigenvalue weighted by Crippen LogP contribution is -2.31. The van der Waals surface area contributed by atoms with Crippen molar-refractivity contribution in [2.75, 3.05) is 11.4 Å². The lowest BCUT2D eigenvalue weighted by molar-refractivity contribution is -0.142. The Hall–Kier alpha value is -3.50. The summed E-state index contributed by atoms with van der Waals surface area (Å²) in [6, 6.07) is 11.5. The van der Waals surface area contributed by atoms with Crippen LogP contribution in [0.2, 0.25) is 0 Å². The quantitative estimate of drug-likeness (QED) is 0.386. The van der Waals surface area contributed by atoms with Gasteiger partial charge in [-0.3, -0.25) is 4.79 Å². The average molecular weight is 522 g/mol. The van der Waals surface area contributed by atoms with Crippen LogP contribution in [0.3, 0.4) is 0 Å². The van der Waals surface area contributed by atoms with Crippen LogP contribution in [0.15, 0.2) is 48.5 Å². The van der Waals surface area contributed by atoms with E-state index in [1.165, 1.54) is 22.6 Å². The van der Waals surface area contributed by atoms with Gasteiger partial charge in [-0.15, -0.1) is 0 Å². The molecule has 5 rings (SSSR count). The third-order valence-corrected chi connectivity index (χ3v) is 6.79. The molecule has 0 spiro atoms. The Labute approximate surface area is 209 Å². The van der Waals surface area contributed by atoms with Gasteiger partial charge in [0.05, 0.1) is 18.2 Å². The Balaban J connectivity index is 1.40. The molecule has 11 heteroatoms. The van der Waals surface area contributed by atoms with Gasteiger partial charge in [0.1, 0.15) is 11.4 Å². The first kappa shape index (κ1) is 25.2. The Morgan fingerprint density at radius 3 is 2.19 bits per heavy atom. The molecule has 0 saturated heterocycles. The highest BCUT2D eigenvalue weighted by Crippen LogP contribution is 2.41. The van der Waals surface area contributed by atoms with Crippen LogP contribution in [0.5, 0.6) is 0 Å². The van der Waals surface area contributed by atoms with Gasteiger partial charge < -0.3 is 10.2 Å². The van der Waals surface area contributed by atoms with E-state index in [-0.39, 0.29) is 25.5 Å². The second-order valence-electron chi connectivity index (χ2n) is 9.52. The molecule has 1 saturated carbocycles.